The van der Waals surface area contributed by atoms with Gasteiger partial charge in [0.15, 0.2) is 5.75 Å². The van der Waals surface area contributed by atoms with Gasteiger partial charge in [0.25, 0.3) is 5.88 Å². The van der Waals surface area contributed by atoms with Crippen LogP contribution < -0.4 is 14.4 Å². The standard InChI is InChI=1S/C21H24F2N2O4/c1-25(9-3-4-19(26)27)20-15(22)10-14(11-16(20)23)17-7-8-18(28-2)21(24-17)29-12-13-5-6-13/h7-8,10-11,13H,3-6,9,12H2,1-2H3,(H,26,27). The second-order valence-electron chi connectivity index (χ2n) is 7.17. The molecule has 1 saturated carbocycles. The molecule has 0 unspecified atom stereocenters. The average molecular weight is 406 g/mol. The maximum atomic E-state index is 14.7. The Kier molecular flexibility index (Phi) is 6.51. The van der Waals surface area contributed by atoms with Gasteiger partial charge in [-0.25, -0.2) is 13.8 Å². The van der Waals surface area contributed by atoms with Crippen molar-refractivity contribution in [3.05, 3.63) is 35.9 Å². The monoisotopic (exact) mass is 406 g/mol. The van der Waals surface area contributed by atoms with Crippen LogP contribution in [0.2, 0.25) is 0 Å². The number of nitrogens with zero attached hydrogens (tertiary/aromatic N) is 2. The summed E-state index contributed by atoms with van der Waals surface area (Å²) in [5, 5.41) is 8.71. The second kappa shape index (κ2) is 9.07. The zero-order valence-corrected chi connectivity index (χ0v) is 16.5. The predicted octanol–water partition coefficient (Wildman–Crippen LogP) is 4.13. The van der Waals surface area contributed by atoms with E-state index in [9.17, 15) is 13.6 Å². The Labute approximate surface area is 168 Å². The highest BCUT2D eigenvalue weighted by molar-refractivity contribution is 5.67. The molecule has 156 valence electrons. The van der Waals surface area contributed by atoms with Crippen LogP contribution in [0.25, 0.3) is 11.3 Å². The normalized spacial score (nSPS) is 13.2. The maximum Gasteiger partial charge on any atom is 0.303 e. The van der Waals surface area contributed by atoms with Gasteiger partial charge in [0.1, 0.15) is 17.3 Å². The van der Waals surface area contributed by atoms with Crippen LogP contribution in [0.3, 0.4) is 0 Å². The molecule has 3 rings (SSSR count). The summed E-state index contributed by atoms with van der Waals surface area (Å²) < 4.78 is 40.3. The summed E-state index contributed by atoms with van der Waals surface area (Å²) in [5.41, 5.74) is 0.453. The Morgan fingerprint density at radius 1 is 1.28 bits per heavy atom. The Balaban J connectivity index is 1.81. The molecule has 1 heterocycles. The van der Waals surface area contributed by atoms with Crippen molar-refractivity contribution < 1.29 is 28.2 Å². The molecule has 0 aliphatic heterocycles. The molecule has 0 atom stereocenters. The largest absolute Gasteiger partial charge is 0.491 e. The number of aliphatic carboxylic acids is 1. The highest BCUT2D eigenvalue weighted by Gasteiger charge is 2.23. The second-order valence-corrected chi connectivity index (χ2v) is 7.17. The van der Waals surface area contributed by atoms with Gasteiger partial charge in [-0.05, 0) is 49.4 Å². The molecule has 1 aliphatic rings. The van der Waals surface area contributed by atoms with Gasteiger partial charge in [-0.1, -0.05) is 0 Å². The fraction of sp³-hybridized carbons (Fsp3) is 0.429. The van der Waals surface area contributed by atoms with E-state index in [1.807, 2.05) is 0 Å². The van der Waals surface area contributed by atoms with Crippen LogP contribution in [-0.4, -0.2) is 43.4 Å². The summed E-state index contributed by atoms with van der Waals surface area (Å²) >= 11 is 0. The lowest BCUT2D eigenvalue weighted by Crippen LogP contribution is -2.22. The van der Waals surface area contributed by atoms with Gasteiger partial charge in [0.2, 0.25) is 0 Å². The van der Waals surface area contributed by atoms with Crippen LogP contribution in [0.5, 0.6) is 11.6 Å². The number of benzene rings is 1. The quantitative estimate of drug-likeness (QED) is 0.640. The topological polar surface area (TPSA) is 71.9 Å². The minimum absolute atomic E-state index is 0.0644. The van der Waals surface area contributed by atoms with E-state index in [2.05, 4.69) is 4.98 Å². The lowest BCUT2D eigenvalue weighted by atomic mass is 10.1. The molecule has 1 aromatic carbocycles. The number of carboxylic acids is 1. The molecule has 0 spiro atoms. The Morgan fingerprint density at radius 3 is 2.55 bits per heavy atom. The van der Waals surface area contributed by atoms with Gasteiger partial charge in [-0.2, -0.15) is 0 Å². The Hall–Kier alpha value is -2.90. The highest BCUT2D eigenvalue weighted by atomic mass is 19.1. The van der Waals surface area contributed by atoms with Crippen molar-refractivity contribution in [2.75, 3.05) is 32.2 Å². The van der Waals surface area contributed by atoms with Crippen molar-refractivity contribution in [3.63, 3.8) is 0 Å². The summed E-state index contributed by atoms with van der Waals surface area (Å²) in [6.45, 7) is 0.759. The van der Waals surface area contributed by atoms with Gasteiger partial charge >= 0.3 is 5.97 Å². The fourth-order valence-electron chi connectivity index (χ4n) is 2.99. The van der Waals surface area contributed by atoms with E-state index in [0.29, 0.717) is 29.8 Å². The van der Waals surface area contributed by atoms with Crippen molar-refractivity contribution in [2.24, 2.45) is 5.92 Å². The summed E-state index contributed by atoms with van der Waals surface area (Å²) in [7, 11) is 3.04. The molecule has 0 amide bonds. The first-order valence-corrected chi connectivity index (χ1v) is 9.49. The van der Waals surface area contributed by atoms with E-state index in [4.69, 9.17) is 14.6 Å². The van der Waals surface area contributed by atoms with Crippen LogP contribution in [0.4, 0.5) is 14.5 Å². The molecule has 0 radical (unpaired) electrons. The number of hydrogen-bond acceptors (Lipinski definition) is 5. The molecule has 1 aliphatic carbocycles. The van der Waals surface area contributed by atoms with Crippen molar-refractivity contribution in [1.29, 1.82) is 0 Å². The van der Waals surface area contributed by atoms with E-state index in [1.165, 1.54) is 31.2 Å². The number of rotatable bonds is 10. The number of carboxylic acid groups (broad SMARTS) is 1. The maximum absolute atomic E-state index is 14.7. The van der Waals surface area contributed by atoms with Crippen LogP contribution in [0.15, 0.2) is 24.3 Å². The first-order valence-electron chi connectivity index (χ1n) is 9.49. The van der Waals surface area contributed by atoms with E-state index in [1.54, 1.807) is 12.1 Å². The Bertz CT molecular complexity index is 864. The third-order valence-corrected chi connectivity index (χ3v) is 4.78. The number of pyridine rings is 1. The number of hydrogen-bond donors (Lipinski definition) is 1. The molecule has 1 fully saturated rings. The summed E-state index contributed by atoms with van der Waals surface area (Å²) in [4.78, 5) is 16.4. The molecule has 2 aromatic rings. The third kappa shape index (κ3) is 5.34. The summed E-state index contributed by atoms with van der Waals surface area (Å²) in [6.07, 6.45) is 2.47. The minimum atomic E-state index is -0.944. The molecule has 0 bridgehead atoms. The predicted molar refractivity (Wildman–Crippen MR) is 104 cm³/mol. The number of anilines is 1. The molecule has 6 nitrogen and oxygen atoms in total. The number of aromatic nitrogens is 1. The van der Waals surface area contributed by atoms with E-state index < -0.39 is 17.6 Å². The van der Waals surface area contributed by atoms with E-state index >= 15 is 0 Å². The number of halogens is 2. The zero-order valence-electron chi connectivity index (χ0n) is 16.5. The average Bonchev–Trinajstić information content (AvgIpc) is 3.49. The number of carbonyl (C=O) groups is 1. The van der Waals surface area contributed by atoms with Gasteiger partial charge in [0.05, 0.1) is 19.4 Å². The van der Waals surface area contributed by atoms with Crippen molar-refractivity contribution in [3.8, 4) is 22.9 Å². The molecule has 8 heteroatoms. The van der Waals surface area contributed by atoms with Crippen LogP contribution in [-0.2, 0) is 4.79 Å². The highest BCUT2D eigenvalue weighted by Crippen LogP contribution is 2.34. The van der Waals surface area contributed by atoms with Gasteiger partial charge in [-0.15, -0.1) is 0 Å². The van der Waals surface area contributed by atoms with Crippen molar-refractivity contribution >= 4 is 11.7 Å². The van der Waals surface area contributed by atoms with Crippen LogP contribution >= 0.6 is 0 Å². The first kappa shape index (κ1) is 20.8. The first-order chi connectivity index (χ1) is 13.9. The van der Waals surface area contributed by atoms with E-state index in [-0.39, 0.29) is 30.6 Å². The molecular formula is C21H24F2N2O4. The zero-order chi connectivity index (χ0) is 21.0. The molecule has 1 aromatic heterocycles. The van der Waals surface area contributed by atoms with Crippen molar-refractivity contribution in [2.45, 2.75) is 25.7 Å². The van der Waals surface area contributed by atoms with E-state index in [0.717, 1.165) is 12.8 Å². The summed E-state index contributed by atoms with van der Waals surface area (Å²) in [6, 6.07) is 5.71. The smallest absolute Gasteiger partial charge is 0.303 e. The van der Waals surface area contributed by atoms with Crippen molar-refractivity contribution in [1.82, 2.24) is 4.98 Å². The molecule has 29 heavy (non-hydrogen) atoms. The lowest BCUT2D eigenvalue weighted by Gasteiger charge is -2.21. The van der Waals surface area contributed by atoms with Gasteiger partial charge in [0, 0.05) is 25.6 Å². The van der Waals surface area contributed by atoms with Gasteiger partial charge < -0.3 is 19.5 Å². The van der Waals surface area contributed by atoms with Crippen LogP contribution in [0.1, 0.15) is 25.7 Å². The SMILES string of the molecule is COc1ccc(-c2cc(F)c(N(C)CCCC(=O)O)c(F)c2)nc1OCC1CC1. The number of methoxy groups -OCH3 is 1. The summed E-state index contributed by atoms with van der Waals surface area (Å²) in [5.74, 6) is -1.14. The minimum Gasteiger partial charge on any atom is -0.491 e. The van der Waals surface area contributed by atoms with Gasteiger partial charge in [-0.3, -0.25) is 4.79 Å². The fourth-order valence-corrected chi connectivity index (χ4v) is 2.99. The molecule has 0 saturated heterocycles. The number of ether oxygens (including phenoxy) is 2. The Morgan fingerprint density at radius 2 is 1.97 bits per heavy atom. The lowest BCUT2D eigenvalue weighted by molar-refractivity contribution is -0.137. The third-order valence-electron chi connectivity index (χ3n) is 4.78. The molecular weight excluding hydrogens is 382 g/mol. The molecule has 1 N–H and O–H groups in total. The van der Waals surface area contributed by atoms with Crippen LogP contribution in [0, 0.1) is 17.6 Å².